The van der Waals surface area contributed by atoms with Gasteiger partial charge in [-0.15, -0.1) is 0 Å². The molecule has 0 aliphatic carbocycles. The largest absolute Gasteiger partial charge is 0.483 e. The predicted octanol–water partition coefficient (Wildman–Crippen LogP) is 5.78. The van der Waals surface area contributed by atoms with E-state index < -0.39 is 60.4 Å². The molecule has 0 saturated carbocycles. The Morgan fingerprint density at radius 2 is 1.71 bits per heavy atom. The number of alkyl halides is 9. The van der Waals surface area contributed by atoms with Gasteiger partial charge in [-0.05, 0) is 24.4 Å². The maximum absolute atomic E-state index is 14.6. The fraction of sp³-hybridized carbons (Fsp3) is 0.846. The first-order chi connectivity index (χ1) is 10.9. The first kappa shape index (κ1) is 21.2. The van der Waals surface area contributed by atoms with Crippen molar-refractivity contribution in [2.45, 2.75) is 49.9 Å². The summed E-state index contributed by atoms with van der Waals surface area (Å²) in [6.07, 6.45) is -12.0. The van der Waals surface area contributed by atoms with Crippen molar-refractivity contribution in [3.63, 3.8) is 0 Å². The number of halogens is 10. The van der Waals surface area contributed by atoms with E-state index >= 15 is 0 Å². The van der Waals surface area contributed by atoms with Gasteiger partial charge in [-0.2, -0.15) is 13.2 Å². The Bertz CT molecular complexity index is 463. The van der Waals surface area contributed by atoms with Gasteiger partial charge in [0, 0.05) is 0 Å². The van der Waals surface area contributed by atoms with Crippen LogP contribution >= 0.6 is 11.6 Å². The molecule has 2 atom stereocenters. The number of hydrogen-bond donors (Lipinski definition) is 0. The van der Waals surface area contributed by atoms with Crippen molar-refractivity contribution in [2.75, 3.05) is 13.3 Å². The lowest BCUT2D eigenvalue weighted by Crippen LogP contribution is -2.59. The second-order valence-electron chi connectivity index (χ2n) is 5.31. The summed E-state index contributed by atoms with van der Waals surface area (Å²) < 4.78 is 126. The third-order valence-corrected chi connectivity index (χ3v) is 4.13. The molecule has 0 aromatic heterocycles. The van der Waals surface area contributed by atoms with Crippen LogP contribution in [0.1, 0.15) is 25.7 Å². The average molecular weight is 393 g/mol. The average Bonchev–Trinajstić information content (AvgIpc) is 2.45. The van der Waals surface area contributed by atoms with Gasteiger partial charge in [-0.3, -0.25) is 0 Å². The summed E-state index contributed by atoms with van der Waals surface area (Å²) in [5, 5.41) is -1.41. The zero-order valence-corrected chi connectivity index (χ0v) is 12.8. The Morgan fingerprint density at radius 3 is 2.17 bits per heavy atom. The number of rotatable bonds is 2. The SMILES string of the molecule is FCC1=C(Cl)OCCCCCC(C(F)(F)F)C(F)(F)C1(F)C(F)F. The quantitative estimate of drug-likeness (QED) is 0.541. The molecule has 142 valence electrons. The third-order valence-electron chi connectivity index (χ3n) is 3.79. The molecule has 1 nitrogen and oxygen atoms in total. The molecular formula is C13H14ClF9O. The zero-order chi connectivity index (χ0) is 18.8. The van der Waals surface area contributed by atoms with E-state index in [1.54, 1.807) is 0 Å². The smallest absolute Gasteiger partial charge is 0.397 e. The van der Waals surface area contributed by atoms with Gasteiger partial charge in [0.15, 0.2) is 5.22 Å². The Hall–Kier alpha value is -0.800. The summed E-state index contributed by atoms with van der Waals surface area (Å²) >= 11 is 5.29. The van der Waals surface area contributed by atoms with E-state index in [-0.39, 0.29) is 19.4 Å². The minimum absolute atomic E-state index is 0.00818. The highest BCUT2D eigenvalue weighted by Gasteiger charge is 2.72. The topological polar surface area (TPSA) is 9.23 Å². The Labute approximate surface area is 136 Å². The fourth-order valence-electron chi connectivity index (χ4n) is 2.45. The molecule has 2 unspecified atom stereocenters. The van der Waals surface area contributed by atoms with Gasteiger partial charge in [-0.25, -0.2) is 26.3 Å². The molecule has 0 spiro atoms. The first-order valence-electron chi connectivity index (χ1n) is 6.90. The highest BCUT2D eigenvalue weighted by molar-refractivity contribution is 6.28. The molecule has 0 N–H and O–H groups in total. The van der Waals surface area contributed by atoms with Crippen molar-refractivity contribution in [3.05, 3.63) is 10.8 Å². The number of hydrogen-bond acceptors (Lipinski definition) is 1. The molecule has 1 aliphatic rings. The molecule has 1 rings (SSSR count). The van der Waals surface area contributed by atoms with Gasteiger partial charge < -0.3 is 4.74 Å². The standard InChI is InChI=1S/C13H14ClF9O/c14-9-7(6-15)11(18,10(16)17)12(19,20)8(13(21,22)23)4-2-1-3-5-24-9/h8,10H,1-6H2. The van der Waals surface area contributed by atoms with Crippen LogP contribution in [0.2, 0.25) is 0 Å². The summed E-state index contributed by atoms with van der Waals surface area (Å²) in [5.41, 5.74) is -7.27. The maximum atomic E-state index is 14.6. The van der Waals surface area contributed by atoms with E-state index in [0.717, 1.165) is 0 Å². The van der Waals surface area contributed by atoms with Crippen molar-refractivity contribution < 1.29 is 44.3 Å². The van der Waals surface area contributed by atoms with Crippen LogP contribution in [-0.2, 0) is 4.74 Å². The third kappa shape index (κ3) is 3.88. The maximum Gasteiger partial charge on any atom is 0.397 e. The van der Waals surface area contributed by atoms with Gasteiger partial charge in [0.2, 0.25) is 0 Å². The summed E-state index contributed by atoms with van der Waals surface area (Å²) in [6, 6.07) is 0. The molecular weight excluding hydrogens is 379 g/mol. The molecule has 0 aromatic rings. The van der Waals surface area contributed by atoms with E-state index in [2.05, 4.69) is 4.74 Å². The van der Waals surface area contributed by atoms with E-state index in [4.69, 9.17) is 11.6 Å². The Balaban J connectivity index is 3.60. The number of ether oxygens (including phenoxy) is 1. The molecule has 11 heteroatoms. The normalized spacial score (nSPS) is 30.0. The molecule has 0 fully saturated rings. The van der Waals surface area contributed by atoms with Crippen molar-refractivity contribution in [1.29, 1.82) is 0 Å². The van der Waals surface area contributed by atoms with Crippen LogP contribution in [0.15, 0.2) is 10.8 Å². The summed E-state index contributed by atoms with van der Waals surface area (Å²) in [7, 11) is 0. The number of allylic oxidation sites excluding steroid dienone is 1. The Morgan fingerprint density at radius 1 is 1.12 bits per heavy atom. The highest BCUT2D eigenvalue weighted by Crippen LogP contribution is 2.54. The molecule has 0 aromatic carbocycles. The van der Waals surface area contributed by atoms with Crippen molar-refractivity contribution in [1.82, 2.24) is 0 Å². The van der Waals surface area contributed by atoms with Crippen molar-refractivity contribution in [3.8, 4) is 0 Å². The molecule has 0 bridgehead atoms. The van der Waals surface area contributed by atoms with Gasteiger partial charge in [0.05, 0.1) is 12.2 Å². The first-order valence-corrected chi connectivity index (χ1v) is 7.28. The molecule has 24 heavy (non-hydrogen) atoms. The predicted molar refractivity (Wildman–Crippen MR) is 67.6 cm³/mol. The lowest BCUT2D eigenvalue weighted by Gasteiger charge is -2.39. The van der Waals surface area contributed by atoms with Crippen molar-refractivity contribution >= 4 is 11.6 Å². The van der Waals surface area contributed by atoms with Crippen LogP contribution in [0.3, 0.4) is 0 Å². The molecule has 1 aliphatic heterocycles. The van der Waals surface area contributed by atoms with Crippen LogP contribution in [0.5, 0.6) is 0 Å². The minimum atomic E-state index is -5.67. The van der Waals surface area contributed by atoms with Gasteiger partial charge in [0.1, 0.15) is 12.6 Å². The van der Waals surface area contributed by atoms with Crippen molar-refractivity contribution in [2.24, 2.45) is 5.92 Å². The molecule has 0 amide bonds. The molecule has 0 radical (unpaired) electrons. The lowest BCUT2D eigenvalue weighted by atomic mass is 9.79. The molecule has 0 saturated heterocycles. The van der Waals surface area contributed by atoms with Crippen LogP contribution < -0.4 is 0 Å². The van der Waals surface area contributed by atoms with Crippen LogP contribution in [0.25, 0.3) is 0 Å². The molecule has 1 heterocycles. The van der Waals surface area contributed by atoms with Crippen LogP contribution in [0, 0.1) is 5.92 Å². The van der Waals surface area contributed by atoms with Gasteiger partial charge in [0.25, 0.3) is 12.1 Å². The van der Waals surface area contributed by atoms with Crippen LogP contribution in [0.4, 0.5) is 39.5 Å². The second-order valence-corrected chi connectivity index (χ2v) is 5.66. The van der Waals surface area contributed by atoms with Crippen LogP contribution in [-0.4, -0.2) is 37.5 Å². The monoisotopic (exact) mass is 392 g/mol. The zero-order valence-electron chi connectivity index (χ0n) is 12.1. The fourth-order valence-corrected chi connectivity index (χ4v) is 2.72. The summed E-state index contributed by atoms with van der Waals surface area (Å²) in [4.78, 5) is 0. The van der Waals surface area contributed by atoms with Gasteiger partial charge in [-0.1, -0.05) is 12.8 Å². The highest BCUT2D eigenvalue weighted by atomic mass is 35.5. The summed E-state index contributed by atoms with van der Waals surface area (Å²) in [5.74, 6) is -9.36. The van der Waals surface area contributed by atoms with E-state index in [1.165, 1.54) is 0 Å². The van der Waals surface area contributed by atoms with Gasteiger partial charge >= 0.3 is 12.1 Å². The second kappa shape index (κ2) is 7.61. The van der Waals surface area contributed by atoms with E-state index in [1.807, 2.05) is 0 Å². The van der Waals surface area contributed by atoms with E-state index in [9.17, 15) is 39.5 Å². The minimum Gasteiger partial charge on any atom is -0.483 e. The lowest BCUT2D eigenvalue weighted by molar-refractivity contribution is -0.289. The van der Waals surface area contributed by atoms with E-state index in [0.29, 0.717) is 0 Å². The summed E-state index contributed by atoms with van der Waals surface area (Å²) in [6.45, 7) is -2.61. The Kier molecular flexibility index (Phi) is 6.74.